The molecule has 0 aliphatic carbocycles. The molecule has 3 rings (SSSR count). The van der Waals surface area contributed by atoms with Crippen LogP contribution in [0, 0.1) is 0 Å². The molecule has 1 heterocycles. The Bertz CT molecular complexity index is 787. The first kappa shape index (κ1) is 19.2. The zero-order valence-corrected chi connectivity index (χ0v) is 16.5. The molecule has 140 valence electrons. The van der Waals surface area contributed by atoms with E-state index in [0.717, 1.165) is 25.4 Å². The van der Waals surface area contributed by atoms with Crippen molar-refractivity contribution in [3.05, 3.63) is 54.6 Å². The summed E-state index contributed by atoms with van der Waals surface area (Å²) < 4.78 is 32.2. The molecule has 0 unspecified atom stereocenters. The molecule has 1 aliphatic rings. The number of benzene rings is 2. The van der Waals surface area contributed by atoms with Gasteiger partial charge in [-0.1, -0.05) is 18.2 Å². The predicted octanol–water partition coefficient (Wildman–Crippen LogP) is 2.79. The van der Waals surface area contributed by atoms with Crippen LogP contribution in [-0.4, -0.2) is 63.2 Å². The van der Waals surface area contributed by atoms with Crippen molar-refractivity contribution in [1.29, 1.82) is 0 Å². The Morgan fingerprint density at radius 1 is 0.962 bits per heavy atom. The highest BCUT2D eigenvalue weighted by molar-refractivity contribution is 7.99. The molecule has 2 aromatic carbocycles. The van der Waals surface area contributed by atoms with Crippen LogP contribution in [0.15, 0.2) is 64.4 Å². The van der Waals surface area contributed by atoms with Gasteiger partial charge in [-0.15, -0.1) is 11.8 Å². The number of hydrogen-bond donors (Lipinski definition) is 0. The average molecular weight is 393 g/mol. The first-order valence-corrected chi connectivity index (χ1v) is 11.1. The number of ether oxygens (including phenoxy) is 1. The van der Waals surface area contributed by atoms with Crippen LogP contribution in [0.5, 0.6) is 5.75 Å². The summed E-state index contributed by atoms with van der Waals surface area (Å²) in [5.41, 5.74) is 0. The minimum absolute atomic E-state index is 0.325. The van der Waals surface area contributed by atoms with E-state index in [1.807, 2.05) is 30.0 Å². The fourth-order valence-corrected chi connectivity index (χ4v) is 5.26. The molecule has 0 aromatic heterocycles. The first-order valence-electron chi connectivity index (χ1n) is 8.64. The molecule has 0 amide bonds. The predicted molar refractivity (Wildman–Crippen MR) is 105 cm³/mol. The number of nitrogens with zero attached hydrogens (tertiary/aromatic N) is 2. The van der Waals surface area contributed by atoms with E-state index in [-0.39, 0.29) is 0 Å². The Balaban J connectivity index is 1.49. The van der Waals surface area contributed by atoms with Gasteiger partial charge in [0.05, 0.1) is 12.0 Å². The molecule has 1 aliphatic heterocycles. The second-order valence-corrected chi connectivity index (χ2v) is 9.19. The summed E-state index contributed by atoms with van der Waals surface area (Å²) in [6.45, 7) is 3.57. The molecule has 26 heavy (non-hydrogen) atoms. The van der Waals surface area contributed by atoms with Gasteiger partial charge in [0.1, 0.15) is 5.75 Å². The lowest BCUT2D eigenvalue weighted by Crippen LogP contribution is -2.49. The van der Waals surface area contributed by atoms with Gasteiger partial charge in [-0.3, -0.25) is 4.90 Å². The molecule has 0 atom stereocenters. The van der Waals surface area contributed by atoms with Gasteiger partial charge in [0.25, 0.3) is 0 Å². The second kappa shape index (κ2) is 8.90. The minimum atomic E-state index is -3.43. The first-order chi connectivity index (χ1) is 12.6. The molecule has 0 radical (unpaired) electrons. The molecule has 0 bridgehead atoms. The van der Waals surface area contributed by atoms with Crippen LogP contribution in [0.25, 0.3) is 0 Å². The van der Waals surface area contributed by atoms with Gasteiger partial charge in [0.15, 0.2) is 0 Å². The summed E-state index contributed by atoms with van der Waals surface area (Å²) in [6.07, 6.45) is 0. The summed E-state index contributed by atoms with van der Waals surface area (Å²) in [6, 6.07) is 16.9. The normalized spacial score (nSPS) is 16.5. The van der Waals surface area contributed by atoms with Gasteiger partial charge in [-0.2, -0.15) is 4.31 Å². The zero-order chi connectivity index (χ0) is 18.4. The Morgan fingerprint density at radius 3 is 2.23 bits per heavy atom. The van der Waals surface area contributed by atoms with Crippen LogP contribution in [0.2, 0.25) is 0 Å². The summed E-state index contributed by atoms with van der Waals surface area (Å²) >= 11 is 1.84. The van der Waals surface area contributed by atoms with E-state index in [0.29, 0.717) is 23.7 Å². The Labute approximate surface area is 160 Å². The number of methoxy groups -OCH3 is 1. The van der Waals surface area contributed by atoms with Crippen LogP contribution >= 0.6 is 11.8 Å². The molecule has 0 saturated carbocycles. The van der Waals surface area contributed by atoms with Crippen molar-refractivity contribution in [3.8, 4) is 5.75 Å². The number of hydrogen-bond acceptors (Lipinski definition) is 5. The Morgan fingerprint density at radius 2 is 1.62 bits per heavy atom. The Kier molecular flexibility index (Phi) is 6.58. The highest BCUT2D eigenvalue weighted by Crippen LogP contribution is 2.21. The fourth-order valence-electron chi connectivity index (χ4n) is 2.90. The largest absolute Gasteiger partial charge is 0.497 e. The van der Waals surface area contributed by atoms with Crippen LogP contribution < -0.4 is 4.74 Å². The van der Waals surface area contributed by atoms with E-state index in [1.165, 1.54) is 4.90 Å². The molecule has 0 spiro atoms. The maximum atomic E-state index is 12.8. The zero-order valence-electron chi connectivity index (χ0n) is 14.9. The molecule has 0 N–H and O–H groups in total. The van der Waals surface area contributed by atoms with Crippen molar-refractivity contribution in [2.75, 3.05) is 45.6 Å². The van der Waals surface area contributed by atoms with Gasteiger partial charge < -0.3 is 4.74 Å². The molecular weight excluding hydrogens is 368 g/mol. The molecular formula is C19H24N2O3S2. The minimum Gasteiger partial charge on any atom is -0.497 e. The maximum absolute atomic E-state index is 12.8. The standard InChI is InChI=1S/C19H24N2O3S2/c1-24-17-7-9-19(10-8-17)26(22,23)21-13-11-20(12-14-21)15-16-25-18-5-3-2-4-6-18/h2-10H,11-16H2,1H3. The van der Waals surface area contributed by atoms with Crippen molar-refractivity contribution in [2.24, 2.45) is 0 Å². The third kappa shape index (κ3) is 4.79. The number of rotatable bonds is 7. The number of thioether (sulfide) groups is 1. The molecule has 2 aromatic rings. The summed E-state index contributed by atoms with van der Waals surface area (Å²) in [7, 11) is -1.86. The van der Waals surface area contributed by atoms with Crippen molar-refractivity contribution < 1.29 is 13.2 Å². The van der Waals surface area contributed by atoms with E-state index >= 15 is 0 Å². The highest BCUT2D eigenvalue weighted by atomic mass is 32.2. The quantitative estimate of drug-likeness (QED) is 0.678. The van der Waals surface area contributed by atoms with Crippen LogP contribution in [-0.2, 0) is 10.0 Å². The third-order valence-electron chi connectivity index (χ3n) is 4.45. The van der Waals surface area contributed by atoms with E-state index in [9.17, 15) is 8.42 Å². The summed E-state index contributed by atoms with van der Waals surface area (Å²) in [5, 5.41) is 0. The average Bonchev–Trinajstić information content (AvgIpc) is 2.69. The van der Waals surface area contributed by atoms with Gasteiger partial charge in [-0.05, 0) is 36.4 Å². The van der Waals surface area contributed by atoms with Gasteiger partial charge in [0, 0.05) is 43.4 Å². The van der Waals surface area contributed by atoms with Crippen LogP contribution in [0.1, 0.15) is 0 Å². The van der Waals surface area contributed by atoms with Crippen molar-refractivity contribution in [3.63, 3.8) is 0 Å². The number of piperazine rings is 1. The van der Waals surface area contributed by atoms with Crippen molar-refractivity contribution in [1.82, 2.24) is 9.21 Å². The fraction of sp³-hybridized carbons (Fsp3) is 0.368. The monoisotopic (exact) mass is 392 g/mol. The molecule has 1 fully saturated rings. The lowest BCUT2D eigenvalue weighted by atomic mass is 10.3. The van der Waals surface area contributed by atoms with E-state index in [4.69, 9.17) is 4.74 Å². The van der Waals surface area contributed by atoms with Crippen LogP contribution in [0.3, 0.4) is 0 Å². The Hall–Kier alpha value is -1.54. The highest BCUT2D eigenvalue weighted by Gasteiger charge is 2.28. The van der Waals surface area contributed by atoms with Gasteiger partial charge in [-0.25, -0.2) is 8.42 Å². The SMILES string of the molecule is COc1ccc(S(=O)(=O)N2CCN(CCSc3ccccc3)CC2)cc1. The number of sulfonamides is 1. The summed E-state index contributed by atoms with van der Waals surface area (Å²) in [4.78, 5) is 3.93. The van der Waals surface area contributed by atoms with E-state index < -0.39 is 10.0 Å². The smallest absolute Gasteiger partial charge is 0.243 e. The molecule has 5 nitrogen and oxygen atoms in total. The van der Waals surface area contributed by atoms with Crippen molar-refractivity contribution in [2.45, 2.75) is 9.79 Å². The molecule has 1 saturated heterocycles. The van der Waals surface area contributed by atoms with Crippen LogP contribution in [0.4, 0.5) is 0 Å². The summed E-state index contributed by atoms with van der Waals surface area (Å²) in [5.74, 6) is 1.67. The van der Waals surface area contributed by atoms with E-state index in [1.54, 1.807) is 35.7 Å². The van der Waals surface area contributed by atoms with Gasteiger partial charge in [0.2, 0.25) is 10.0 Å². The van der Waals surface area contributed by atoms with Crippen molar-refractivity contribution >= 4 is 21.8 Å². The van der Waals surface area contributed by atoms with Gasteiger partial charge >= 0.3 is 0 Å². The molecule has 7 heteroatoms. The lowest BCUT2D eigenvalue weighted by Gasteiger charge is -2.33. The van der Waals surface area contributed by atoms with E-state index in [2.05, 4.69) is 17.0 Å². The third-order valence-corrected chi connectivity index (χ3v) is 7.35. The second-order valence-electron chi connectivity index (χ2n) is 6.08. The lowest BCUT2D eigenvalue weighted by molar-refractivity contribution is 0.197. The topological polar surface area (TPSA) is 49.9 Å². The maximum Gasteiger partial charge on any atom is 0.243 e.